The largest absolute Gasteiger partial charge is 0.388 e. The molecule has 0 bridgehead atoms. The Labute approximate surface area is 78.1 Å². The molecule has 0 aromatic heterocycles. The summed E-state index contributed by atoms with van der Waals surface area (Å²) in [6.07, 6.45) is -2.49. The van der Waals surface area contributed by atoms with Crippen molar-refractivity contribution in [1.82, 2.24) is 0 Å². The fourth-order valence-electron chi connectivity index (χ4n) is 1.56. The molecule has 78 valence electrons. The van der Waals surface area contributed by atoms with Gasteiger partial charge >= 0.3 is 0 Å². The second kappa shape index (κ2) is 4.37. The van der Waals surface area contributed by atoms with Crippen LogP contribution in [0.15, 0.2) is 0 Å². The lowest BCUT2D eigenvalue weighted by Gasteiger charge is -2.38. The van der Waals surface area contributed by atoms with E-state index in [1.54, 1.807) is 0 Å². The van der Waals surface area contributed by atoms with E-state index in [1.165, 1.54) is 0 Å². The maximum Gasteiger partial charge on any atom is 0.111 e. The SMILES string of the molecule is CCC(C)C1OCC(O)C(O)C1O. The fourth-order valence-corrected chi connectivity index (χ4v) is 1.56. The Kier molecular flexibility index (Phi) is 3.67. The molecular formula is C9H18O4. The van der Waals surface area contributed by atoms with Gasteiger partial charge in [-0.05, 0) is 5.92 Å². The average molecular weight is 190 g/mol. The van der Waals surface area contributed by atoms with Crippen LogP contribution in [0.4, 0.5) is 0 Å². The molecule has 4 heteroatoms. The third kappa shape index (κ3) is 2.20. The highest BCUT2D eigenvalue weighted by atomic mass is 16.5. The first-order valence-electron chi connectivity index (χ1n) is 4.73. The van der Waals surface area contributed by atoms with Crippen LogP contribution >= 0.6 is 0 Å². The van der Waals surface area contributed by atoms with E-state index in [-0.39, 0.29) is 18.6 Å². The van der Waals surface area contributed by atoms with Crippen molar-refractivity contribution >= 4 is 0 Å². The summed E-state index contributed by atoms with van der Waals surface area (Å²) in [4.78, 5) is 0. The van der Waals surface area contributed by atoms with Crippen LogP contribution in [0, 0.1) is 5.92 Å². The van der Waals surface area contributed by atoms with Gasteiger partial charge in [0.15, 0.2) is 0 Å². The van der Waals surface area contributed by atoms with Crippen molar-refractivity contribution in [1.29, 1.82) is 0 Å². The van der Waals surface area contributed by atoms with Gasteiger partial charge in [-0.1, -0.05) is 20.3 Å². The molecule has 1 rings (SSSR count). The third-order valence-electron chi connectivity index (χ3n) is 2.74. The molecule has 1 heterocycles. The van der Waals surface area contributed by atoms with E-state index >= 15 is 0 Å². The van der Waals surface area contributed by atoms with Crippen LogP contribution < -0.4 is 0 Å². The number of ether oxygens (including phenoxy) is 1. The maximum absolute atomic E-state index is 9.57. The van der Waals surface area contributed by atoms with E-state index in [4.69, 9.17) is 4.74 Å². The molecule has 5 atom stereocenters. The molecule has 1 aliphatic rings. The molecular weight excluding hydrogens is 172 g/mol. The molecule has 0 radical (unpaired) electrons. The van der Waals surface area contributed by atoms with Crippen LogP contribution in [-0.4, -0.2) is 46.3 Å². The summed E-state index contributed by atoms with van der Waals surface area (Å²) < 4.78 is 5.27. The van der Waals surface area contributed by atoms with Crippen molar-refractivity contribution in [2.45, 2.75) is 44.7 Å². The normalized spacial score (nSPS) is 43.2. The van der Waals surface area contributed by atoms with Gasteiger partial charge < -0.3 is 20.1 Å². The minimum Gasteiger partial charge on any atom is -0.388 e. The second-order valence-corrected chi connectivity index (χ2v) is 3.73. The maximum atomic E-state index is 9.57. The summed E-state index contributed by atoms with van der Waals surface area (Å²) in [5, 5.41) is 28.1. The van der Waals surface area contributed by atoms with E-state index in [2.05, 4.69) is 0 Å². The van der Waals surface area contributed by atoms with Crippen molar-refractivity contribution in [2.24, 2.45) is 5.92 Å². The van der Waals surface area contributed by atoms with Crippen molar-refractivity contribution in [3.8, 4) is 0 Å². The molecule has 0 aromatic rings. The zero-order valence-corrected chi connectivity index (χ0v) is 8.05. The minimum absolute atomic E-state index is 0.104. The smallest absolute Gasteiger partial charge is 0.111 e. The average Bonchev–Trinajstić information content (AvgIpc) is 2.13. The van der Waals surface area contributed by atoms with E-state index in [0.29, 0.717) is 0 Å². The Morgan fingerprint density at radius 3 is 2.46 bits per heavy atom. The topological polar surface area (TPSA) is 69.9 Å². The summed E-state index contributed by atoms with van der Waals surface area (Å²) in [5.41, 5.74) is 0. The van der Waals surface area contributed by atoms with Crippen molar-refractivity contribution in [2.75, 3.05) is 6.61 Å². The van der Waals surface area contributed by atoms with Crippen molar-refractivity contribution < 1.29 is 20.1 Å². The predicted molar refractivity (Wildman–Crippen MR) is 47.2 cm³/mol. The fraction of sp³-hybridized carbons (Fsp3) is 1.00. The number of aliphatic hydroxyl groups is 3. The monoisotopic (exact) mass is 190 g/mol. The van der Waals surface area contributed by atoms with Gasteiger partial charge in [0, 0.05) is 0 Å². The van der Waals surface area contributed by atoms with Gasteiger partial charge in [0.2, 0.25) is 0 Å². The number of aliphatic hydroxyl groups excluding tert-OH is 3. The van der Waals surface area contributed by atoms with Gasteiger partial charge in [-0.15, -0.1) is 0 Å². The first kappa shape index (κ1) is 10.9. The van der Waals surface area contributed by atoms with Crippen LogP contribution in [0.2, 0.25) is 0 Å². The van der Waals surface area contributed by atoms with Crippen molar-refractivity contribution in [3.63, 3.8) is 0 Å². The molecule has 0 aliphatic carbocycles. The van der Waals surface area contributed by atoms with Crippen LogP contribution in [0.5, 0.6) is 0 Å². The van der Waals surface area contributed by atoms with Gasteiger partial charge in [-0.3, -0.25) is 0 Å². The highest BCUT2D eigenvalue weighted by Crippen LogP contribution is 2.23. The number of hydrogen-bond acceptors (Lipinski definition) is 4. The quantitative estimate of drug-likeness (QED) is 0.550. The summed E-state index contributed by atoms with van der Waals surface area (Å²) in [6.45, 7) is 4.06. The Balaban J connectivity index is 2.58. The summed E-state index contributed by atoms with van der Waals surface area (Å²) in [7, 11) is 0. The third-order valence-corrected chi connectivity index (χ3v) is 2.74. The van der Waals surface area contributed by atoms with E-state index < -0.39 is 18.3 Å². The lowest BCUT2D eigenvalue weighted by Crippen LogP contribution is -2.54. The summed E-state index contributed by atoms with van der Waals surface area (Å²) >= 11 is 0. The molecule has 5 unspecified atom stereocenters. The van der Waals surface area contributed by atoms with Crippen LogP contribution in [0.1, 0.15) is 20.3 Å². The Morgan fingerprint density at radius 1 is 1.31 bits per heavy atom. The van der Waals surface area contributed by atoms with Gasteiger partial charge in [-0.25, -0.2) is 0 Å². The molecule has 4 nitrogen and oxygen atoms in total. The Bertz CT molecular complexity index is 162. The highest BCUT2D eigenvalue weighted by molar-refractivity contribution is 4.88. The van der Waals surface area contributed by atoms with Crippen molar-refractivity contribution in [3.05, 3.63) is 0 Å². The molecule has 1 saturated heterocycles. The molecule has 0 spiro atoms. The first-order chi connectivity index (χ1) is 6.07. The lowest BCUT2D eigenvalue weighted by molar-refractivity contribution is -0.199. The number of rotatable bonds is 2. The minimum atomic E-state index is -1.08. The van der Waals surface area contributed by atoms with E-state index in [9.17, 15) is 15.3 Å². The lowest BCUT2D eigenvalue weighted by atomic mass is 9.90. The first-order valence-corrected chi connectivity index (χ1v) is 4.73. The Morgan fingerprint density at radius 2 is 1.92 bits per heavy atom. The molecule has 1 aliphatic heterocycles. The highest BCUT2D eigenvalue weighted by Gasteiger charge is 2.39. The molecule has 1 fully saturated rings. The number of hydrogen-bond donors (Lipinski definition) is 3. The van der Waals surface area contributed by atoms with E-state index in [1.807, 2.05) is 13.8 Å². The predicted octanol–water partition coefficient (Wildman–Crippen LogP) is -0.486. The molecule has 0 saturated carbocycles. The molecule has 13 heavy (non-hydrogen) atoms. The van der Waals surface area contributed by atoms with Gasteiger partial charge in [-0.2, -0.15) is 0 Å². The van der Waals surface area contributed by atoms with Crippen LogP contribution in [0.3, 0.4) is 0 Å². The summed E-state index contributed by atoms with van der Waals surface area (Å²) in [6, 6.07) is 0. The van der Waals surface area contributed by atoms with Crippen LogP contribution in [-0.2, 0) is 4.74 Å². The van der Waals surface area contributed by atoms with Gasteiger partial charge in [0.1, 0.15) is 18.3 Å². The zero-order chi connectivity index (χ0) is 10.0. The molecule has 0 amide bonds. The Hall–Kier alpha value is -0.160. The standard InChI is InChI=1S/C9H18O4/c1-3-5(2)9-8(12)7(11)6(10)4-13-9/h5-12H,3-4H2,1-2H3. The van der Waals surface area contributed by atoms with E-state index in [0.717, 1.165) is 6.42 Å². The van der Waals surface area contributed by atoms with Crippen LogP contribution in [0.25, 0.3) is 0 Å². The van der Waals surface area contributed by atoms with Gasteiger partial charge in [0.25, 0.3) is 0 Å². The summed E-state index contributed by atoms with van der Waals surface area (Å²) in [5.74, 6) is 0.192. The van der Waals surface area contributed by atoms with Gasteiger partial charge in [0.05, 0.1) is 12.7 Å². The zero-order valence-electron chi connectivity index (χ0n) is 8.05. The molecule has 0 aromatic carbocycles. The second-order valence-electron chi connectivity index (χ2n) is 3.73. The molecule has 3 N–H and O–H groups in total.